The summed E-state index contributed by atoms with van der Waals surface area (Å²) in [6.07, 6.45) is 0.453. The topological polar surface area (TPSA) is 64.0 Å². The molecule has 5 nitrogen and oxygen atoms in total. The van der Waals surface area contributed by atoms with Crippen LogP contribution in [-0.2, 0) is 11.3 Å². The third-order valence-corrected chi connectivity index (χ3v) is 6.65. The fraction of sp³-hybridized carbons (Fsp3) is 0.227. The molecular weight excluding hydrogens is 406 g/mol. The first kappa shape index (κ1) is 19.6. The van der Waals surface area contributed by atoms with Crippen LogP contribution < -0.4 is 10.9 Å². The summed E-state index contributed by atoms with van der Waals surface area (Å²) in [5.74, 6) is -0.250. The Morgan fingerprint density at radius 3 is 2.69 bits per heavy atom. The van der Waals surface area contributed by atoms with E-state index in [4.69, 9.17) is 11.6 Å². The van der Waals surface area contributed by atoms with Crippen molar-refractivity contribution in [2.24, 2.45) is 0 Å². The average molecular weight is 426 g/mol. The molecule has 2 aromatic heterocycles. The first-order valence-corrected chi connectivity index (χ1v) is 10.6. The summed E-state index contributed by atoms with van der Waals surface area (Å²) < 4.78 is 3.25. The number of aryl methyl sites for hydroxylation is 1. The number of hydrogen-bond donors (Lipinski definition) is 1. The zero-order valence-electron chi connectivity index (χ0n) is 16.1. The molecule has 2 aromatic carbocycles. The fourth-order valence-corrected chi connectivity index (χ4v) is 4.84. The van der Waals surface area contributed by atoms with Crippen molar-refractivity contribution in [2.45, 2.75) is 32.9 Å². The van der Waals surface area contributed by atoms with E-state index in [1.807, 2.05) is 56.3 Å². The van der Waals surface area contributed by atoms with Crippen LogP contribution in [0, 0.1) is 6.92 Å². The number of halogens is 1. The SMILES string of the molecule is CC[C@H](C(=O)NCc1ccccc1Cl)n1nc(C)c2sc3ccccc3c2c1=O. The standard InChI is InChI=1S/C22H20ClN3O2S/c1-3-17(21(27)24-12-14-8-4-6-10-16(14)23)26-22(28)19-15-9-5-7-11-18(15)29-20(19)13(2)25-26/h4-11,17H,3,12H2,1-2H3,(H,24,27)/t17-/m1/s1. The predicted molar refractivity (Wildman–Crippen MR) is 119 cm³/mol. The van der Waals surface area contributed by atoms with E-state index < -0.39 is 6.04 Å². The molecule has 0 aliphatic heterocycles. The van der Waals surface area contributed by atoms with Crippen molar-refractivity contribution in [3.63, 3.8) is 0 Å². The molecule has 0 unspecified atom stereocenters. The molecule has 29 heavy (non-hydrogen) atoms. The van der Waals surface area contributed by atoms with Crippen LogP contribution in [0.2, 0.25) is 5.02 Å². The van der Waals surface area contributed by atoms with Crippen LogP contribution in [0.25, 0.3) is 20.2 Å². The molecular formula is C22H20ClN3O2S. The number of nitrogens with zero attached hydrogens (tertiary/aromatic N) is 2. The average Bonchev–Trinajstić information content (AvgIpc) is 3.12. The van der Waals surface area contributed by atoms with Crippen LogP contribution in [0.15, 0.2) is 53.3 Å². The van der Waals surface area contributed by atoms with Gasteiger partial charge in [0, 0.05) is 21.7 Å². The van der Waals surface area contributed by atoms with Gasteiger partial charge >= 0.3 is 0 Å². The molecule has 0 saturated heterocycles. The molecule has 148 valence electrons. The minimum atomic E-state index is -0.688. The molecule has 1 N–H and O–H groups in total. The van der Waals surface area contributed by atoms with Crippen LogP contribution in [0.5, 0.6) is 0 Å². The second-order valence-electron chi connectivity index (χ2n) is 6.87. The molecule has 0 spiro atoms. The fourth-order valence-electron chi connectivity index (χ4n) is 3.50. The third kappa shape index (κ3) is 3.54. The highest BCUT2D eigenvalue weighted by Crippen LogP contribution is 2.33. The molecule has 1 atom stereocenters. The number of carbonyl (C=O) groups excluding carboxylic acids is 1. The summed E-state index contributed by atoms with van der Waals surface area (Å²) >= 11 is 7.73. The molecule has 0 aliphatic rings. The van der Waals surface area contributed by atoms with Crippen molar-refractivity contribution in [2.75, 3.05) is 0 Å². The van der Waals surface area contributed by atoms with E-state index in [-0.39, 0.29) is 11.5 Å². The van der Waals surface area contributed by atoms with Crippen molar-refractivity contribution in [1.29, 1.82) is 0 Å². The van der Waals surface area contributed by atoms with Gasteiger partial charge in [-0.15, -0.1) is 11.3 Å². The lowest BCUT2D eigenvalue weighted by Gasteiger charge is -2.18. The smallest absolute Gasteiger partial charge is 0.276 e. The summed E-state index contributed by atoms with van der Waals surface area (Å²) in [4.78, 5) is 26.2. The van der Waals surface area contributed by atoms with Gasteiger partial charge in [-0.3, -0.25) is 9.59 Å². The molecule has 4 aromatic rings. The summed E-state index contributed by atoms with van der Waals surface area (Å²) in [6.45, 7) is 4.05. The molecule has 0 radical (unpaired) electrons. The van der Waals surface area contributed by atoms with Gasteiger partial charge in [0.05, 0.1) is 15.8 Å². The summed E-state index contributed by atoms with van der Waals surface area (Å²) in [5.41, 5.74) is 1.34. The number of hydrogen-bond acceptors (Lipinski definition) is 4. The molecule has 0 fully saturated rings. The van der Waals surface area contributed by atoms with Gasteiger partial charge in [0.1, 0.15) is 6.04 Å². The summed E-state index contributed by atoms with van der Waals surface area (Å²) in [6, 6.07) is 14.5. The van der Waals surface area contributed by atoms with Crippen LogP contribution in [0.4, 0.5) is 0 Å². The molecule has 4 rings (SSSR count). The number of amides is 1. The highest BCUT2D eigenvalue weighted by atomic mass is 35.5. The maximum atomic E-state index is 13.3. The van der Waals surface area contributed by atoms with Crippen molar-refractivity contribution in [3.8, 4) is 0 Å². The lowest BCUT2D eigenvalue weighted by atomic mass is 10.1. The minimum absolute atomic E-state index is 0.234. The monoisotopic (exact) mass is 425 g/mol. The van der Waals surface area contributed by atoms with E-state index in [9.17, 15) is 9.59 Å². The van der Waals surface area contributed by atoms with Crippen molar-refractivity contribution in [1.82, 2.24) is 15.1 Å². The number of carbonyl (C=O) groups is 1. The van der Waals surface area contributed by atoms with E-state index in [2.05, 4.69) is 10.4 Å². The Morgan fingerprint density at radius 1 is 1.21 bits per heavy atom. The highest BCUT2D eigenvalue weighted by Gasteiger charge is 2.24. The van der Waals surface area contributed by atoms with E-state index in [0.29, 0.717) is 23.4 Å². The van der Waals surface area contributed by atoms with Gasteiger partial charge in [-0.25, -0.2) is 4.68 Å². The van der Waals surface area contributed by atoms with Gasteiger partial charge in [-0.05, 0) is 31.0 Å². The second-order valence-corrected chi connectivity index (χ2v) is 8.33. The largest absolute Gasteiger partial charge is 0.350 e. The van der Waals surface area contributed by atoms with Gasteiger partial charge < -0.3 is 5.32 Å². The van der Waals surface area contributed by atoms with Crippen LogP contribution >= 0.6 is 22.9 Å². The van der Waals surface area contributed by atoms with Crippen LogP contribution in [0.3, 0.4) is 0 Å². The van der Waals surface area contributed by atoms with Crippen molar-refractivity contribution in [3.05, 3.63) is 75.2 Å². The van der Waals surface area contributed by atoms with E-state index in [1.54, 1.807) is 17.4 Å². The Bertz CT molecular complexity index is 1280. The van der Waals surface area contributed by atoms with E-state index in [0.717, 1.165) is 26.0 Å². The van der Waals surface area contributed by atoms with Crippen molar-refractivity contribution >= 4 is 49.0 Å². The van der Waals surface area contributed by atoms with Crippen molar-refractivity contribution < 1.29 is 4.79 Å². The first-order chi connectivity index (χ1) is 14.0. The molecule has 2 heterocycles. The minimum Gasteiger partial charge on any atom is -0.350 e. The molecule has 0 aliphatic carbocycles. The lowest BCUT2D eigenvalue weighted by Crippen LogP contribution is -2.38. The maximum absolute atomic E-state index is 13.3. The van der Waals surface area contributed by atoms with Crippen LogP contribution in [0.1, 0.15) is 30.6 Å². The number of thiophene rings is 1. The Kier molecular flexibility index (Phi) is 5.39. The highest BCUT2D eigenvalue weighted by molar-refractivity contribution is 7.26. The number of benzene rings is 2. The second kappa shape index (κ2) is 7.97. The van der Waals surface area contributed by atoms with Gasteiger partial charge in [0.25, 0.3) is 5.56 Å². The van der Waals surface area contributed by atoms with Gasteiger partial charge in [0.15, 0.2) is 0 Å². The molecule has 1 amide bonds. The van der Waals surface area contributed by atoms with E-state index in [1.165, 1.54) is 4.68 Å². The Hall–Kier alpha value is -2.70. The zero-order chi connectivity index (χ0) is 20.5. The predicted octanol–water partition coefficient (Wildman–Crippen LogP) is 4.84. The zero-order valence-corrected chi connectivity index (χ0v) is 17.7. The van der Waals surface area contributed by atoms with Gasteiger partial charge in [0.2, 0.25) is 5.91 Å². The number of fused-ring (bicyclic) bond motifs is 3. The first-order valence-electron chi connectivity index (χ1n) is 9.43. The number of nitrogens with one attached hydrogen (secondary N) is 1. The Balaban J connectivity index is 1.72. The maximum Gasteiger partial charge on any atom is 0.276 e. The third-order valence-electron chi connectivity index (χ3n) is 5.00. The Morgan fingerprint density at radius 2 is 1.93 bits per heavy atom. The van der Waals surface area contributed by atoms with Gasteiger partial charge in [-0.2, -0.15) is 5.10 Å². The lowest BCUT2D eigenvalue weighted by molar-refractivity contribution is -0.125. The normalized spacial score (nSPS) is 12.4. The summed E-state index contributed by atoms with van der Waals surface area (Å²) in [5, 5.41) is 9.52. The molecule has 0 bridgehead atoms. The van der Waals surface area contributed by atoms with Crippen LogP contribution in [-0.4, -0.2) is 15.7 Å². The van der Waals surface area contributed by atoms with E-state index >= 15 is 0 Å². The number of aromatic nitrogens is 2. The molecule has 7 heteroatoms. The summed E-state index contributed by atoms with van der Waals surface area (Å²) in [7, 11) is 0. The van der Waals surface area contributed by atoms with Gasteiger partial charge in [-0.1, -0.05) is 54.9 Å². The number of rotatable bonds is 5. The Labute approximate surface area is 176 Å². The quantitative estimate of drug-likeness (QED) is 0.497. The molecule has 0 saturated carbocycles.